The quantitative estimate of drug-likeness (QED) is 0.0247. The highest BCUT2D eigenvalue weighted by molar-refractivity contribution is 6.15. The van der Waals surface area contributed by atoms with Crippen LogP contribution in [0.25, 0.3) is 11.1 Å². The molecular formula is C42H38O8. The third-order valence-electron chi connectivity index (χ3n) is 7.15. The van der Waals surface area contributed by atoms with Crippen molar-refractivity contribution in [2.75, 3.05) is 26.4 Å². The Morgan fingerprint density at radius 1 is 0.400 bits per heavy atom. The Morgan fingerprint density at radius 3 is 0.920 bits per heavy atom. The molecule has 0 aliphatic heterocycles. The van der Waals surface area contributed by atoms with Crippen molar-refractivity contribution in [1.82, 2.24) is 0 Å². The average Bonchev–Trinajstić information content (AvgIpc) is 3.15. The van der Waals surface area contributed by atoms with E-state index >= 15 is 0 Å². The van der Waals surface area contributed by atoms with Gasteiger partial charge in [0.25, 0.3) is 0 Å². The standard InChI is InChI=1S/C42H38O8/c1-3-47-39(43)37(27-25-35(31-17-9-5-10-18-31)32-19-11-6-12-20-32)41(45)49-29-30-50-42(46)38(40(44)48-4-2)28-26-36(33-21-13-7-14-22-33)34-23-15-8-16-24-34/h5-28H,3-4,29-30H2,1-2H3/b37-27+,38-28+. The molecule has 4 aromatic rings. The van der Waals surface area contributed by atoms with Gasteiger partial charge in [0, 0.05) is 0 Å². The summed E-state index contributed by atoms with van der Waals surface area (Å²) in [6.45, 7) is 2.57. The summed E-state index contributed by atoms with van der Waals surface area (Å²) in [5, 5.41) is 0. The van der Waals surface area contributed by atoms with Gasteiger partial charge in [0.2, 0.25) is 0 Å². The Labute approximate surface area is 292 Å². The molecule has 0 saturated carbocycles. The van der Waals surface area contributed by atoms with Crippen molar-refractivity contribution < 1.29 is 38.1 Å². The van der Waals surface area contributed by atoms with Crippen molar-refractivity contribution in [3.8, 4) is 0 Å². The molecule has 8 nitrogen and oxygen atoms in total. The van der Waals surface area contributed by atoms with Crippen molar-refractivity contribution in [1.29, 1.82) is 0 Å². The largest absolute Gasteiger partial charge is 0.462 e. The lowest BCUT2D eigenvalue weighted by molar-refractivity contribution is -0.153. The predicted octanol–water partition coefficient (Wildman–Crippen LogP) is 7.32. The number of esters is 4. The first kappa shape index (κ1) is 36.6. The molecule has 0 aliphatic carbocycles. The first-order valence-corrected chi connectivity index (χ1v) is 16.2. The van der Waals surface area contributed by atoms with E-state index in [-0.39, 0.29) is 37.6 Å². The van der Waals surface area contributed by atoms with Crippen molar-refractivity contribution in [2.45, 2.75) is 13.8 Å². The van der Waals surface area contributed by atoms with Crippen LogP contribution in [-0.2, 0) is 38.1 Å². The molecule has 0 amide bonds. The summed E-state index contributed by atoms with van der Waals surface area (Å²) in [6.07, 6.45) is 6.02. The molecule has 254 valence electrons. The molecule has 50 heavy (non-hydrogen) atoms. The number of carbonyl (C=O) groups is 4. The van der Waals surface area contributed by atoms with Crippen molar-refractivity contribution in [2.24, 2.45) is 0 Å². The summed E-state index contributed by atoms with van der Waals surface area (Å²) in [4.78, 5) is 51.8. The molecule has 0 saturated heterocycles. The van der Waals surface area contributed by atoms with E-state index in [2.05, 4.69) is 0 Å². The van der Waals surface area contributed by atoms with E-state index in [1.165, 1.54) is 12.2 Å². The Balaban J connectivity index is 1.51. The minimum absolute atomic E-state index is 0.0443. The highest BCUT2D eigenvalue weighted by Gasteiger charge is 2.23. The molecule has 0 bridgehead atoms. The summed E-state index contributed by atoms with van der Waals surface area (Å²) >= 11 is 0. The van der Waals surface area contributed by atoms with Crippen LogP contribution in [-0.4, -0.2) is 50.3 Å². The number of hydrogen-bond donors (Lipinski definition) is 0. The van der Waals surface area contributed by atoms with Gasteiger partial charge in [-0.2, -0.15) is 0 Å². The van der Waals surface area contributed by atoms with E-state index in [0.717, 1.165) is 33.4 Å². The summed E-state index contributed by atoms with van der Waals surface area (Å²) in [5.41, 5.74) is 4.35. The molecule has 0 fully saturated rings. The highest BCUT2D eigenvalue weighted by Crippen LogP contribution is 2.25. The molecule has 8 heteroatoms. The van der Waals surface area contributed by atoms with Gasteiger partial charge in [0.15, 0.2) is 0 Å². The van der Waals surface area contributed by atoms with E-state index in [9.17, 15) is 19.2 Å². The predicted molar refractivity (Wildman–Crippen MR) is 191 cm³/mol. The summed E-state index contributed by atoms with van der Waals surface area (Å²) in [5.74, 6) is -3.65. The van der Waals surface area contributed by atoms with Gasteiger partial charge in [-0.15, -0.1) is 0 Å². The molecule has 0 aromatic heterocycles. The third kappa shape index (κ3) is 10.6. The molecule has 4 rings (SSSR count). The Bertz CT molecular complexity index is 1630. The second kappa shape index (κ2) is 19.5. The van der Waals surface area contributed by atoms with Gasteiger partial charge in [0.05, 0.1) is 13.2 Å². The van der Waals surface area contributed by atoms with Crippen LogP contribution in [0.1, 0.15) is 36.1 Å². The maximum absolute atomic E-state index is 13.1. The van der Waals surface area contributed by atoms with Gasteiger partial charge in [-0.25, -0.2) is 19.2 Å². The van der Waals surface area contributed by atoms with E-state index in [4.69, 9.17) is 18.9 Å². The van der Waals surface area contributed by atoms with Crippen molar-refractivity contribution >= 4 is 35.0 Å². The number of ether oxygens (including phenoxy) is 4. The monoisotopic (exact) mass is 670 g/mol. The van der Waals surface area contributed by atoms with Crippen LogP contribution in [0.15, 0.2) is 157 Å². The maximum atomic E-state index is 13.1. The van der Waals surface area contributed by atoms with E-state index in [1.54, 1.807) is 26.0 Å². The maximum Gasteiger partial charge on any atom is 0.345 e. The number of benzene rings is 4. The topological polar surface area (TPSA) is 105 Å². The lowest BCUT2D eigenvalue weighted by Crippen LogP contribution is -2.22. The molecule has 0 unspecified atom stereocenters. The minimum Gasteiger partial charge on any atom is -0.462 e. The molecule has 0 heterocycles. The average molecular weight is 671 g/mol. The van der Waals surface area contributed by atoms with Gasteiger partial charge >= 0.3 is 23.9 Å². The molecule has 0 radical (unpaired) electrons. The first-order chi connectivity index (χ1) is 24.4. The highest BCUT2D eigenvalue weighted by atomic mass is 16.6. The summed E-state index contributed by atoms with van der Waals surface area (Å²) < 4.78 is 20.8. The second-order valence-corrected chi connectivity index (χ2v) is 10.5. The van der Waals surface area contributed by atoms with Gasteiger partial charge in [-0.3, -0.25) is 0 Å². The molecule has 4 aromatic carbocycles. The molecule has 0 spiro atoms. The molecular weight excluding hydrogens is 632 g/mol. The SMILES string of the molecule is CCOC(=O)/C(=C\C=C(c1ccccc1)c1ccccc1)C(=O)OCCOC(=O)/C(=C/C=C(c1ccccc1)c1ccccc1)C(=O)OCC. The van der Waals surface area contributed by atoms with E-state index in [1.807, 2.05) is 121 Å². The van der Waals surface area contributed by atoms with Crippen LogP contribution in [0.3, 0.4) is 0 Å². The van der Waals surface area contributed by atoms with Gasteiger partial charge in [-0.1, -0.05) is 133 Å². The zero-order valence-electron chi connectivity index (χ0n) is 28.0. The number of hydrogen-bond acceptors (Lipinski definition) is 8. The van der Waals surface area contributed by atoms with Crippen molar-refractivity contribution in [3.63, 3.8) is 0 Å². The van der Waals surface area contributed by atoms with Crippen LogP contribution in [0.5, 0.6) is 0 Å². The van der Waals surface area contributed by atoms with Gasteiger partial charge in [0.1, 0.15) is 24.4 Å². The van der Waals surface area contributed by atoms with Crippen LogP contribution in [0, 0.1) is 0 Å². The minimum atomic E-state index is -0.962. The Morgan fingerprint density at radius 2 is 0.660 bits per heavy atom. The normalized spacial score (nSPS) is 11.1. The lowest BCUT2D eigenvalue weighted by atomic mass is 9.97. The Hall–Kier alpha value is -6.28. The number of carbonyl (C=O) groups excluding carboxylic acids is 4. The Kier molecular flexibility index (Phi) is 14.3. The zero-order valence-corrected chi connectivity index (χ0v) is 28.0. The number of rotatable bonds is 15. The lowest BCUT2D eigenvalue weighted by Gasteiger charge is -2.11. The van der Waals surface area contributed by atoms with Crippen LogP contribution >= 0.6 is 0 Å². The number of allylic oxidation sites excluding steroid dienone is 4. The fourth-order valence-electron chi connectivity index (χ4n) is 4.80. The van der Waals surface area contributed by atoms with Gasteiger partial charge in [-0.05, 0) is 59.4 Å². The fraction of sp³-hybridized carbons (Fsp3) is 0.143. The smallest absolute Gasteiger partial charge is 0.345 e. The van der Waals surface area contributed by atoms with Crippen molar-refractivity contribution in [3.05, 3.63) is 179 Å². The molecule has 0 N–H and O–H groups in total. The fourth-order valence-corrected chi connectivity index (χ4v) is 4.80. The van der Waals surface area contributed by atoms with Gasteiger partial charge < -0.3 is 18.9 Å². The second-order valence-electron chi connectivity index (χ2n) is 10.5. The zero-order chi connectivity index (χ0) is 35.6. The summed E-state index contributed by atoms with van der Waals surface area (Å²) in [7, 11) is 0. The van der Waals surface area contributed by atoms with Crippen LogP contribution in [0.2, 0.25) is 0 Å². The molecule has 0 atom stereocenters. The third-order valence-corrected chi connectivity index (χ3v) is 7.15. The van der Waals surface area contributed by atoms with Crippen LogP contribution in [0.4, 0.5) is 0 Å². The van der Waals surface area contributed by atoms with E-state index in [0.29, 0.717) is 0 Å². The first-order valence-electron chi connectivity index (χ1n) is 16.2. The summed E-state index contributed by atoms with van der Waals surface area (Å²) in [6, 6.07) is 38.1. The molecule has 0 aliphatic rings. The van der Waals surface area contributed by atoms with Crippen LogP contribution < -0.4 is 0 Å². The van der Waals surface area contributed by atoms with E-state index < -0.39 is 23.9 Å².